The number of nitrogens with zero attached hydrogens (tertiary/aromatic N) is 1. The van der Waals surface area contributed by atoms with Crippen molar-refractivity contribution in [2.75, 3.05) is 12.4 Å². The molecule has 1 saturated carbocycles. The molecule has 1 fully saturated rings. The first kappa shape index (κ1) is 9.96. The topological polar surface area (TPSA) is 54.0 Å². The lowest BCUT2D eigenvalue weighted by atomic mass is 10.2. The first-order valence-corrected chi connectivity index (χ1v) is 5.10. The van der Waals surface area contributed by atoms with Gasteiger partial charge in [0.05, 0.1) is 0 Å². The van der Waals surface area contributed by atoms with Crippen molar-refractivity contribution in [1.82, 2.24) is 10.3 Å². The number of anilines is 1. The molecule has 0 radical (unpaired) electrons. The molecular weight excluding hydrogens is 190 g/mol. The van der Waals surface area contributed by atoms with Crippen molar-refractivity contribution in [2.45, 2.75) is 25.3 Å². The van der Waals surface area contributed by atoms with E-state index in [9.17, 15) is 4.79 Å². The van der Waals surface area contributed by atoms with E-state index in [1.807, 2.05) is 19.1 Å². The Bertz CT molecular complexity index is 385. The molecule has 0 saturated heterocycles. The summed E-state index contributed by atoms with van der Waals surface area (Å²) in [5.74, 6) is 0.621. The predicted octanol–water partition coefficient (Wildman–Crippen LogP) is 1.41. The van der Waals surface area contributed by atoms with E-state index in [1.54, 1.807) is 13.1 Å². The van der Waals surface area contributed by atoms with Crippen LogP contribution < -0.4 is 10.6 Å². The Kier molecular flexibility index (Phi) is 2.34. The predicted molar refractivity (Wildman–Crippen MR) is 58.9 cm³/mol. The third kappa shape index (κ3) is 2.26. The molecule has 1 heterocycles. The molecule has 80 valence electrons. The molecule has 0 aliphatic heterocycles. The lowest BCUT2D eigenvalue weighted by Gasteiger charge is -2.11. The Balaban J connectivity index is 2.10. The third-order valence-corrected chi connectivity index (χ3v) is 2.65. The van der Waals surface area contributed by atoms with Gasteiger partial charge in [-0.05, 0) is 31.9 Å². The van der Waals surface area contributed by atoms with Crippen molar-refractivity contribution in [3.05, 3.63) is 23.9 Å². The minimum atomic E-state index is -0.0906. The van der Waals surface area contributed by atoms with Crippen molar-refractivity contribution < 1.29 is 4.79 Å². The van der Waals surface area contributed by atoms with Crippen molar-refractivity contribution >= 4 is 11.7 Å². The van der Waals surface area contributed by atoms with Gasteiger partial charge in [-0.25, -0.2) is 4.98 Å². The second-order valence-corrected chi connectivity index (χ2v) is 4.17. The van der Waals surface area contributed by atoms with Gasteiger partial charge in [-0.15, -0.1) is 0 Å². The van der Waals surface area contributed by atoms with Gasteiger partial charge in [-0.2, -0.15) is 0 Å². The minimum Gasteiger partial charge on any atom is -0.373 e. The molecule has 0 spiro atoms. The zero-order valence-electron chi connectivity index (χ0n) is 9.00. The highest BCUT2D eigenvalue weighted by molar-refractivity contribution is 5.93. The maximum Gasteiger partial charge on any atom is 0.270 e. The molecule has 1 aromatic heterocycles. The van der Waals surface area contributed by atoms with E-state index >= 15 is 0 Å². The van der Waals surface area contributed by atoms with Gasteiger partial charge in [0, 0.05) is 12.6 Å². The van der Waals surface area contributed by atoms with Crippen molar-refractivity contribution in [3.63, 3.8) is 0 Å². The van der Waals surface area contributed by atoms with Gasteiger partial charge >= 0.3 is 0 Å². The fourth-order valence-electron chi connectivity index (χ4n) is 1.35. The average Bonchev–Trinajstić information content (AvgIpc) is 2.96. The largest absolute Gasteiger partial charge is 0.373 e. The SMILES string of the molecule is CNc1cccc(C(=O)NC2(C)CC2)n1. The van der Waals surface area contributed by atoms with Crippen LogP contribution in [0.1, 0.15) is 30.3 Å². The quantitative estimate of drug-likeness (QED) is 0.784. The van der Waals surface area contributed by atoms with Gasteiger partial charge in [0.15, 0.2) is 0 Å². The lowest BCUT2D eigenvalue weighted by molar-refractivity contribution is 0.0930. The van der Waals surface area contributed by atoms with Crippen LogP contribution in [-0.2, 0) is 0 Å². The summed E-state index contributed by atoms with van der Waals surface area (Å²) in [5, 5.41) is 5.88. The second kappa shape index (κ2) is 3.53. The number of carbonyl (C=O) groups is 1. The standard InChI is InChI=1S/C11H15N3O/c1-11(6-7-11)14-10(15)8-4-3-5-9(12-2)13-8/h3-5H,6-7H2,1-2H3,(H,12,13)(H,14,15). The molecule has 2 N–H and O–H groups in total. The van der Waals surface area contributed by atoms with Gasteiger partial charge in [0.2, 0.25) is 0 Å². The van der Waals surface area contributed by atoms with Crippen molar-refractivity contribution in [2.24, 2.45) is 0 Å². The monoisotopic (exact) mass is 205 g/mol. The zero-order valence-corrected chi connectivity index (χ0v) is 9.00. The zero-order chi connectivity index (χ0) is 10.9. The fourth-order valence-corrected chi connectivity index (χ4v) is 1.35. The molecule has 0 aromatic carbocycles. The summed E-state index contributed by atoms with van der Waals surface area (Å²) in [4.78, 5) is 15.9. The van der Waals surface area contributed by atoms with Crippen LogP contribution >= 0.6 is 0 Å². The van der Waals surface area contributed by atoms with Gasteiger partial charge in [-0.3, -0.25) is 4.79 Å². The van der Waals surface area contributed by atoms with Crippen LogP contribution in [0.15, 0.2) is 18.2 Å². The normalized spacial score (nSPS) is 16.9. The van der Waals surface area contributed by atoms with Crippen LogP contribution in [0.5, 0.6) is 0 Å². The second-order valence-electron chi connectivity index (χ2n) is 4.17. The Morgan fingerprint density at radius 3 is 2.80 bits per heavy atom. The molecule has 1 aliphatic carbocycles. The van der Waals surface area contributed by atoms with E-state index in [0.29, 0.717) is 11.5 Å². The first-order chi connectivity index (χ1) is 7.13. The van der Waals surface area contributed by atoms with Gasteiger partial charge in [0.25, 0.3) is 5.91 Å². The number of aromatic nitrogens is 1. The minimum absolute atomic E-state index is 0.00834. The van der Waals surface area contributed by atoms with Crippen molar-refractivity contribution in [3.8, 4) is 0 Å². The van der Waals surface area contributed by atoms with Crippen LogP contribution in [0, 0.1) is 0 Å². The number of nitrogens with one attached hydrogen (secondary N) is 2. The molecule has 1 amide bonds. The molecule has 0 bridgehead atoms. The number of hydrogen-bond acceptors (Lipinski definition) is 3. The summed E-state index contributed by atoms with van der Waals surface area (Å²) in [5.41, 5.74) is 0.476. The van der Waals surface area contributed by atoms with E-state index in [2.05, 4.69) is 15.6 Å². The molecule has 0 unspecified atom stereocenters. The molecule has 0 atom stereocenters. The van der Waals surface area contributed by atoms with Crippen LogP contribution in [0.2, 0.25) is 0 Å². The highest BCUT2D eigenvalue weighted by Crippen LogP contribution is 2.34. The molecule has 2 rings (SSSR count). The molecule has 15 heavy (non-hydrogen) atoms. The number of amides is 1. The summed E-state index contributed by atoms with van der Waals surface area (Å²) in [7, 11) is 1.78. The molecule has 1 aromatic rings. The Morgan fingerprint density at radius 2 is 2.20 bits per heavy atom. The smallest absolute Gasteiger partial charge is 0.270 e. The maximum atomic E-state index is 11.8. The number of hydrogen-bond donors (Lipinski definition) is 2. The first-order valence-electron chi connectivity index (χ1n) is 5.10. The summed E-state index contributed by atoms with van der Waals surface area (Å²) in [6, 6.07) is 5.38. The summed E-state index contributed by atoms with van der Waals surface area (Å²) >= 11 is 0. The van der Waals surface area contributed by atoms with Gasteiger partial charge in [0.1, 0.15) is 11.5 Å². The molecule has 1 aliphatic rings. The Labute approximate surface area is 89.1 Å². The van der Waals surface area contributed by atoms with Crippen LogP contribution in [0.3, 0.4) is 0 Å². The molecule has 4 heteroatoms. The average molecular weight is 205 g/mol. The summed E-state index contributed by atoms with van der Waals surface area (Å²) < 4.78 is 0. The maximum absolute atomic E-state index is 11.8. The van der Waals surface area contributed by atoms with E-state index in [0.717, 1.165) is 12.8 Å². The van der Waals surface area contributed by atoms with E-state index in [-0.39, 0.29) is 11.4 Å². The van der Waals surface area contributed by atoms with E-state index in [1.165, 1.54) is 0 Å². The third-order valence-electron chi connectivity index (χ3n) is 2.65. The summed E-state index contributed by atoms with van der Waals surface area (Å²) in [6.45, 7) is 2.05. The number of rotatable bonds is 3. The van der Waals surface area contributed by atoms with Gasteiger partial charge < -0.3 is 10.6 Å². The Hall–Kier alpha value is -1.58. The lowest BCUT2D eigenvalue weighted by Crippen LogP contribution is -2.34. The Morgan fingerprint density at radius 1 is 1.47 bits per heavy atom. The highest BCUT2D eigenvalue weighted by atomic mass is 16.2. The molecule has 4 nitrogen and oxygen atoms in total. The number of pyridine rings is 1. The van der Waals surface area contributed by atoms with Crippen LogP contribution in [-0.4, -0.2) is 23.5 Å². The van der Waals surface area contributed by atoms with Crippen LogP contribution in [0.4, 0.5) is 5.82 Å². The fraction of sp³-hybridized carbons (Fsp3) is 0.455. The molecular formula is C11H15N3O. The van der Waals surface area contributed by atoms with Crippen molar-refractivity contribution in [1.29, 1.82) is 0 Å². The van der Waals surface area contributed by atoms with E-state index < -0.39 is 0 Å². The van der Waals surface area contributed by atoms with Crippen LogP contribution in [0.25, 0.3) is 0 Å². The van der Waals surface area contributed by atoms with Gasteiger partial charge in [-0.1, -0.05) is 6.07 Å². The van der Waals surface area contributed by atoms with E-state index in [4.69, 9.17) is 0 Å². The highest BCUT2D eigenvalue weighted by Gasteiger charge is 2.39. The summed E-state index contributed by atoms with van der Waals surface area (Å²) in [6.07, 6.45) is 2.12. The number of carbonyl (C=O) groups excluding carboxylic acids is 1.